The molecule has 1 aromatic carbocycles. The third-order valence-corrected chi connectivity index (χ3v) is 2.70. The van der Waals surface area contributed by atoms with Gasteiger partial charge >= 0.3 is 0 Å². The van der Waals surface area contributed by atoms with Gasteiger partial charge in [-0.15, -0.1) is 0 Å². The molecule has 0 spiro atoms. The Morgan fingerprint density at radius 3 is 2.40 bits per heavy atom. The van der Waals surface area contributed by atoms with Crippen LogP contribution in [0.5, 0.6) is 0 Å². The van der Waals surface area contributed by atoms with Crippen molar-refractivity contribution in [3.63, 3.8) is 0 Å². The number of hydrogen-bond donors (Lipinski definition) is 1. The maximum atomic E-state index is 3.48. The second-order valence-electron chi connectivity index (χ2n) is 4.80. The van der Waals surface area contributed by atoms with E-state index in [0.717, 1.165) is 6.54 Å². The van der Waals surface area contributed by atoms with Crippen molar-refractivity contribution in [3.8, 4) is 0 Å². The number of rotatable bonds is 5. The molecule has 0 aromatic heterocycles. The topological polar surface area (TPSA) is 12.0 Å². The van der Waals surface area contributed by atoms with E-state index in [1.807, 2.05) is 0 Å². The highest BCUT2D eigenvalue weighted by molar-refractivity contribution is 5.25. The number of benzene rings is 1. The van der Waals surface area contributed by atoms with Gasteiger partial charge in [0, 0.05) is 6.04 Å². The van der Waals surface area contributed by atoms with Crippen molar-refractivity contribution >= 4 is 0 Å². The fourth-order valence-corrected chi connectivity index (χ4v) is 1.72. The summed E-state index contributed by atoms with van der Waals surface area (Å²) in [4.78, 5) is 0. The molecular weight excluding hydrogens is 182 g/mol. The van der Waals surface area contributed by atoms with Crippen molar-refractivity contribution in [2.75, 3.05) is 6.54 Å². The zero-order valence-electron chi connectivity index (χ0n) is 10.4. The summed E-state index contributed by atoms with van der Waals surface area (Å²) in [5, 5.41) is 3.48. The van der Waals surface area contributed by atoms with Crippen molar-refractivity contribution in [3.05, 3.63) is 35.4 Å². The molecule has 0 bridgehead atoms. The quantitative estimate of drug-likeness (QED) is 0.778. The van der Waals surface area contributed by atoms with Crippen LogP contribution < -0.4 is 5.32 Å². The van der Waals surface area contributed by atoms with Crippen LogP contribution in [0.3, 0.4) is 0 Å². The molecule has 15 heavy (non-hydrogen) atoms. The van der Waals surface area contributed by atoms with E-state index in [1.54, 1.807) is 0 Å². The molecule has 0 fully saturated rings. The Kier molecular flexibility index (Phi) is 4.83. The predicted octanol–water partition coefficient (Wildman–Crippen LogP) is 3.17. The van der Waals surface area contributed by atoms with Gasteiger partial charge in [0.1, 0.15) is 0 Å². The average molecular weight is 205 g/mol. The summed E-state index contributed by atoms with van der Waals surface area (Å²) in [6, 6.07) is 9.25. The van der Waals surface area contributed by atoms with Gasteiger partial charge < -0.3 is 5.32 Å². The van der Waals surface area contributed by atoms with E-state index >= 15 is 0 Å². The summed E-state index contributed by atoms with van der Waals surface area (Å²) in [7, 11) is 0. The molecule has 1 rings (SSSR count). The molecule has 0 saturated heterocycles. The minimum Gasteiger partial charge on any atom is -0.314 e. The summed E-state index contributed by atoms with van der Waals surface area (Å²) < 4.78 is 0. The van der Waals surface area contributed by atoms with Crippen LogP contribution in [0.4, 0.5) is 0 Å². The fourth-order valence-electron chi connectivity index (χ4n) is 1.72. The van der Waals surface area contributed by atoms with Gasteiger partial charge in [-0.1, -0.05) is 45.0 Å². The Morgan fingerprint density at radius 1 is 1.13 bits per heavy atom. The summed E-state index contributed by atoms with van der Waals surface area (Å²) in [5.74, 6) is 0.702. The third-order valence-electron chi connectivity index (χ3n) is 2.70. The lowest BCUT2D eigenvalue weighted by atomic mass is 9.97. The van der Waals surface area contributed by atoms with E-state index in [0.29, 0.717) is 12.0 Å². The maximum Gasteiger partial charge on any atom is 0.00104 e. The smallest absolute Gasteiger partial charge is 0.00104 e. The zero-order chi connectivity index (χ0) is 11.3. The largest absolute Gasteiger partial charge is 0.314 e. The van der Waals surface area contributed by atoms with E-state index in [1.165, 1.54) is 17.5 Å². The van der Waals surface area contributed by atoms with Gasteiger partial charge in [0.25, 0.3) is 0 Å². The molecule has 1 nitrogen and oxygen atoms in total. The second kappa shape index (κ2) is 5.92. The number of aryl methyl sites for hydroxylation is 1. The third kappa shape index (κ3) is 4.48. The Hall–Kier alpha value is -0.820. The molecule has 84 valence electrons. The highest BCUT2D eigenvalue weighted by Crippen LogP contribution is 2.12. The zero-order valence-corrected chi connectivity index (χ0v) is 10.4. The summed E-state index contributed by atoms with van der Waals surface area (Å²) in [5.41, 5.74) is 2.89. The van der Waals surface area contributed by atoms with E-state index < -0.39 is 0 Å². The molecule has 0 aliphatic rings. The highest BCUT2D eigenvalue weighted by Gasteiger charge is 2.05. The number of nitrogens with one attached hydrogen (secondary N) is 1. The van der Waals surface area contributed by atoms with Crippen LogP contribution in [-0.4, -0.2) is 12.6 Å². The Morgan fingerprint density at radius 2 is 1.80 bits per heavy atom. The summed E-state index contributed by atoms with van der Waals surface area (Å²) in [6.07, 6.45) is 1.17. The lowest BCUT2D eigenvalue weighted by Crippen LogP contribution is -2.28. The van der Waals surface area contributed by atoms with Crippen LogP contribution in [0.25, 0.3) is 0 Å². The van der Waals surface area contributed by atoms with Gasteiger partial charge in [0.15, 0.2) is 0 Å². The molecule has 0 heterocycles. The fraction of sp³-hybridized carbons (Fsp3) is 0.571. The van der Waals surface area contributed by atoms with Crippen LogP contribution in [-0.2, 0) is 6.42 Å². The van der Waals surface area contributed by atoms with Gasteiger partial charge in [-0.2, -0.15) is 0 Å². The van der Waals surface area contributed by atoms with E-state index in [2.05, 4.69) is 57.3 Å². The molecule has 0 aliphatic carbocycles. The van der Waals surface area contributed by atoms with Crippen LogP contribution >= 0.6 is 0 Å². The standard InChI is InChI=1S/C14H23N/c1-11(2)15-10-12(3)9-14-8-6-5-7-13(14)4/h5-8,11-12,15H,9-10H2,1-4H3. The first kappa shape index (κ1) is 12.3. The molecule has 0 radical (unpaired) electrons. The Labute approximate surface area is 93.9 Å². The molecule has 0 amide bonds. The van der Waals surface area contributed by atoms with Crippen molar-refractivity contribution < 1.29 is 0 Å². The van der Waals surface area contributed by atoms with Crippen LogP contribution in [0, 0.1) is 12.8 Å². The lowest BCUT2D eigenvalue weighted by Gasteiger charge is -2.16. The second-order valence-corrected chi connectivity index (χ2v) is 4.80. The molecule has 0 saturated carbocycles. The SMILES string of the molecule is Cc1ccccc1CC(C)CNC(C)C. The molecule has 1 heteroatoms. The Bertz CT molecular complexity index is 291. The van der Waals surface area contributed by atoms with Gasteiger partial charge in [-0.05, 0) is 36.9 Å². The van der Waals surface area contributed by atoms with Gasteiger partial charge in [-0.25, -0.2) is 0 Å². The van der Waals surface area contributed by atoms with Crippen LogP contribution in [0.15, 0.2) is 24.3 Å². The van der Waals surface area contributed by atoms with Crippen LogP contribution in [0.2, 0.25) is 0 Å². The van der Waals surface area contributed by atoms with Gasteiger partial charge in [0.2, 0.25) is 0 Å². The van der Waals surface area contributed by atoms with Crippen molar-refractivity contribution in [1.82, 2.24) is 5.32 Å². The minimum absolute atomic E-state index is 0.587. The monoisotopic (exact) mass is 205 g/mol. The first-order chi connectivity index (χ1) is 7.09. The van der Waals surface area contributed by atoms with Gasteiger partial charge in [-0.3, -0.25) is 0 Å². The predicted molar refractivity (Wildman–Crippen MR) is 67.2 cm³/mol. The Balaban J connectivity index is 2.44. The first-order valence-corrected chi connectivity index (χ1v) is 5.87. The molecule has 0 aliphatic heterocycles. The summed E-state index contributed by atoms with van der Waals surface area (Å²) >= 11 is 0. The molecular formula is C14H23N. The molecule has 1 N–H and O–H groups in total. The van der Waals surface area contributed by atoms with Crippen molar-refractivity contribution in [2.45, 2.75) is 40.2 Å². The molecule has 1 atom stereocenters. The molecule has 1 unspecified atom stereocenters. The van der Waals surface area contributed by atoms with Crippen LogP contribution in [0.1, 0.15) is 31.9 Å². The van der Waals surface area contributed by atoms with E-state index in [4.69, 9.17) is 0 Å². The minimum atomic E-state index is 0.587. The van der Waals surface area contributed by atoms with Gasteiger partial charge in [0.05, 0.1) is 0 Å². The normalized spacial score (nSPS) is 13.1. The molecule has 1 aromatic rings. The number of hydrogen-bond acceptors (Lipinski definition) is 1. The average Bonchev–Trinajstić information content (AvgIpc) is 2.18. The highest BCUT2D eigenvalue weighted by atomic mass is 14.9. The maximum absolute atomic E-state index is 3.48. The van der Waals surface area contributed by atoms with Crippen molar-refractivity contribution in [2.24, 2.45) is 5.92 Å². The van der Waals surface area contributed by atoms with E-state index in [9.17, 15) is 0 Å². The lowest BCUT2D eigenvalue weighted by molar-refractivity contribution is 0.475. The van der Waals surface area contributed by atoms with Crippen molar-refractivity contribution in [1.29, 1.82) is 0 Å². The first-order valence-electron chi connectivity index (χ1n) is 5.87. The summed E-state index contributed by atoms with van der Waals surface area (Å²) in [6.45, 7) is 9.99. The van der Waals surface area contributed by atoms with E-state index in [-0.39, 0.29) is 0 Å².